The first kappa shape index (κ1) is 12.4. The van der Waals surface area contributed by atoms with Crippen molar-refractivity contribution in [3.63, 3.8) is 0 Å². The molecule has 0 aliphatic carbocycles. The summed E-state index contributed by atoms with van der Waals surface area (Å²) in [5, 5.41) is 0. The molecule has 0 radical (unpaired) electrons. The fourth-order valence-electron chi connectivity index (χ4n) is 1.95. The molecule has 2 nitrogen and oxygen atoms in total. The van der Waals surface area contributed by atoms with Gasteiger partial charge in [-0.1, -0.05) is 20.3 Å². The first-order valence-corrected chi connectivity index (χ1v) is 7.74. The van der Waals surface area contributed by atoms with Crippen molar-refractivity contribution in [2.24, 2.45) is 5.92 Å². The van der Waals surface area contributed by atoms with Crippen molar-refractivity contribution in [1.82, 2.24) is 8.68 Å². The van der Waals surface area contributed by atoms with Gasteiger partial charge in [0.15, 0.2) is 0 Å². The summed E-state index contributed by atoms with van der Waals surface area (Å²) in [6, 6.07) is 8.45. The molecule has 0 aromatic carbocycles. The Morgan fingerprint density at radius 1 is 0.882 bits per heavy atom. The SMILES string of the molecule is CC(C)CCCP(n1cccc1)n1cccc1. The molecule has 0 amide bonds. The quantitative estimate of drug-likeness (QED) is 0.669. The molecule has 2 aromatic heterocycles. The summed E-state index contributed by atoms with van der Waals surface area (Å²) in [5.74, 6) is 0.807. The van der Waals surface area contributed by atoms with Crippen LogP contribution in [0.3, 0.4) is 0 Å². The van der Waals surface area contributed by atoms with E-state index in [-0.39, 0.29) is 8.22 Å². The predicted octanol–water partition coefficient (Wildman–Crippen LogP) is 4.43. The summed E-state index contributed by atoms with van der Waals surface area (Å²) in [6.45, 7) is 4.60. The van der Waals surface area contributed by atoms with Crippen LogP contribution in [0.5, 0.6) is 0 Å². The van der Waals surface area contributed by atoms with Crippen LogP contribution in [0.4, 0.5) is 0 Å². The van der Waals surface area contributed by atoms with Crippen LogP contribution in [0.2, 0.25) is 0 Å². The van der Waals surface area contributed by atoms with Crippen molar-refractivity contribution in [3.8, 4) is 0 Å². The van der Waals surface area contributed by atoms with Gasteiger partial charge in [0.25, 0.3) is 0 Å². The molecule has 0 spiro atoms. The van der Waals surface area contributed by atoms with E-state index in [9.17, 15) is 0 Å². The summed E-state index contributed by atoms with van der Waals surface area (Å²) < 4.78 is 4.71. The lowest BCUT2D eigenvalue weighted by atomic mass is 10.1. The van der Waals surface area contributed by atoms with Crippen LogP contribution in [0.25, 0.3) is 0 Å². The van der Waals surface area contributed by atoms with Gasteiger partial charge in [0, 0.05) is 30.9 Å². The number of aromatic nitrogens is 2. The van der Waals surface area contributed by atoms with Gasteiger partial charge in [-0.25, -0.2) is 0 Å². The van der Waals surface area contributed by atoms with Gasteiger partial charge in [-0.2, -0.15) is 0 Å². The van der Waals surface area contributed by atoms with E-state index >= 15 is 0 Å². The normalized spacial score (nSPS) is 11.5. The molecule has 2 heterocycles. The van der Waals surface area contributed by atoms with Crippen LogP contribution in [-0.2, 0) is 0 Å². The third-order valence-electron chi connectivity index (χ3n) is 2.85. The molecule has 2 rings (SSSR count). The van der Waals surface area contributed by atoms with Crippen molar-refractivity contribution < 1.29 is 0 Å². The van der Waals surface area contributed by atoms with Crippen LogP contribution >= 0.6 is 8.22 Å². The minimum atomic E-state index is -0.274. The van der Waals surface area contributed by atoms with E-state index in [4.69, 9.17) is 0 Å². The average Bonchev–Trinajstić information content (AvgIpc) is 2.97. The molecule has 0 saturated carbocycles. The van der Waals surface area contributed by atoms with Crippen LogP contribution in [0, 0.1) is 5.92 Å². The molecular formula is C14H21N2P. The van der Waals surface area contributed by atoms with Crippen molar-refractivity contribution in [2.75, 3.05) is 6.16 Å². The number of hydrogen-bond donors (Lipinski definition) is 0. The fourth-order valence-corrected chi connectivity index (χ4v) is 4.04. The fraction of sp³-hybridized carbons (Fsp3) is 0.429. The maximum Gasteiger partial charge on any atom is 0.103 e. The Bertz CT molecular complexity index is 369. The van der Waals surface area contributed by atoms with E-state index in [1.807, 2.05) is 0 Å². The summed E-state index contributed by atoms with van der Waals surface area (Å²) in [6.07, 6.45) is 12.6. The van der Waals surface area contributed by atoms with E-state index < -0.39 is 0 Å². The second-order valence-electron chi connectivity index (χ2n) is 4.76. The van der Waals surface area contributed by atoms with Gasteiger partial charge >= 0.3 is 0 Å². The lowest BCUT2D eigenvalue weighted by Crippen LogP contribution is -2.02. The highest BCUT2D eigenvalue weighted by Gasteiger charge is 2.11. The van der Waals surface area contributed by atoms with Crippen LogP contribution in [0.15, 0.2) is 49.1 Å². The van der Waals surface area contributed by atoms with Gasteiger partial charge in [-0.3, -0.25) is 0 Å². The Morgan fingerprint density at radius 3 is 1.76 bits per heavy atom. The molecule has 0 atom stereocenters. The van der Waals surface area contributed by atoms with Gasteiger partial charge in [-0.15, -0.1) is 0 Å². The highest BCUT2D eigenvalue weighted by atomic mass is 31.1. The Morgan fingerprint density at radius 2 is 1.35 bits per heavy atom. The Balaban J connectivity index is 2.04. The molecule has 92 valence electrons. The van der Waals surface area contributed by atoms with Crippen molar-refractivity contribution in [3.05, 3.63) is 49.1 Å². The maximum atomic E-state index is 2.36. The third kappa shape index (κ3) is 3.47. The summed E-state index contributed by atoms with van der Waals surface area (Å²) in [5.41, 5.74) is 0. The Hall–Kier alpha value is -1.01. The Labute approximate surface area is 105 Å². The van der Waals surface area contributed by atoms with Gasteiger partial charge < -0.3 is 8.68 Å². The second kappa shape index (κ2) is 6.07. The number of hydrogen-bond acceptors (Lipinski definition) is 0. The molecule has 0 saturated heterocycles. The zero-order chi connectivity index (χ0) is 12.1. The topological polar surface area (TPSA) is 9.86 Å². The smallest absolute Gasteiger partial charge is 0.103 e. The van der Waals surface area contributed by atoms with Crippen molar-refractivity contribution in [2.45, 2.75) is 26.7 Å². The first-order chi connectivity index (χ1) is 8.27. The van der Waals surface area contributed by atoms with Crippen LogP contribution in [-0.4, -0.2) is 14.8 Å². The minimum Gasteiger partial charge on any atom is -0.316 e. The van der Waals surface area contributed by atoms with E-state index in [0.717, 1.165) is 5.92 Å². The van der Waals surface area contributed by atoms with Crippen molar-refractivity contribution >= 4 is 8.22 Å². The molecule has 2 aromatic rings. The molecule has 0 fully saturated rings. The first-order valence-electron chi connectivity index (χ1n) is 6.31. The van der Waals surface area contributed by atoms with E-state index in [1.54, 1.807) is 0 Å². The maximum absolute atomic E-state index is 2.36. The summed E-state index contributed by atoms with van der Waals surface area (Å²) >= 11 is 0. The number of nitrogens with zero attached hydrogens (tertiary/aromatic N) is 2. The lowest BCUT2D eigenvalue weighted by molar-refractivity contribution is 0.577. The van der Waals surface area contributed by atoms with Gasteiger partial charge in [-0.05, 0) is 36.6 Å². The molecule has 0 unspecified atom stereocenters. The molecule has 0 bridgehead atoms. The highest BCUT2D eigenvalue weighted by molar-refractivity contribution is 7.54. The van der Waals surface area contributed by atoms with Crippen molar-refractivity contribution in [1.29, 1.82) is 0 Å². The van der Waals surface area contributed by atoms with Gasteiger partial charge in [0.05, 0.1) is 0 Å². The van der Waals surface area contributed by atoms with E-state index in [0.29, 0.717) is 0 Å². The summed E-state index contributed by atoms with van der Waals surface area (Å²) in [7, 11) is -0.274. The zero-order valence-corrected chi connectivity index (χ0v) is 11.6. The third-order valence-corrected chi connectivity index (χ3v) is 5.17. The lowest BCUT2D eigenvalue weighted by Gasteiger charge is -2.20. The molecular weight excluding hydrogens is 227 g/mol. The largest absolute Gasteiger partial charge is 0.316 e. The molecule has 0 aliphatic heterocycles. The minimum absolute atomic E-state index is 0.274. The zero-order valence-electron chi connectivity index (χ0n) is 10.7. The molecule has 17 heavy (non-hydrogen) atoms. The molecule has 0 N–H and O–H groups in total. The molecule has 0 aliphatic rings. The monoisotopic (exact) mass is 248 g/mol. The molecule has 3 heteroatoms. The average molecular weight is 248 g/mol. The van der Waals surface area contributed by atoms with Crippen LogP contribution in [0.1, 0.15) is 26.7 Å². The van der Waals surface area contributed by atoms with E-state index in [2.05, 4.69) is 71.6 Å². The highest BCUT2D eigenvalue weighted by Crippen LogP contribution is 2.40. The Kier molecular flexibility index (Phi) is 4.44. The van der Waals surface area contributed by atoms with Crippen LogP contribution < -0.4 is 0 Å². The van der Waals surface area contributed by atoms with E-state index in [1.165, 1.54) is 19.0 Å². The number of rotatable bonds is 6. The second-order valence-corrected chi connectivity index (χ2v) is 6.87. The van der Waals surface area contributed by atoms with Gasteiger partial charge in [0.1, 0.15) is 8.22 Å². The van der Waals surface area contributed by atoms with Gasteiger partial charge in [0.2, 0.25) is 0 Å². The standard InChI is InChI=1S/C14H21N2P/c1-14(2)8-7-13-17(15-9-3-4-10-15)16-11-5-6-12-16/h3-6,9-12,14H,7-8,13H2,1-2H3. The summed E-state index contributed by atoms with van der Waals surface area (Å²) in [4.78, 5) is 0. The predicted molar refractivity (Wildman–Crippen MR) is 75.5 cm³/mol.